The SMILES string of the molecule is CC(C)C[C@H](NC(=O)c1ccc(-c2ccccc2C(F)(F)F)nc1)C(=O)N(C)C#N. The summed E-state index contributed by atoms with van der Waals surface area (Å²) in [5, 5.41) is 11.5. The number of nitriles is 1. The lowest BCUT2D eigenvalue weighted by atomic mass is 10.0. The molecule has 0 radical (unpaired) electrons. The highest BCUT2D eigenvalue weighted by atomic mass is 19.4. The van der Waals surface area contributed by atoms with Gasteiger partial charge in [-0.05, 0) is 30.5 Å². The molecule has 0 bridgehead atoms. The number of hydrogen-bond acceptors (Lipinski definition) is 4. The zero-order valence-corrected chi connectivity index (χ0v) is 16.7. The van der Waals surface area contributed by atoms with Gasteiger partial charge in [0.2, 0.25) is 0 Å². The zero-order valence-electron chi connectivity index (χ0n) is 16.7. The number of nitrogens with zero attached hydrogens (tertiary/aromatic N) is 3. The van der Waals surface area contributed by atoms with Crippen LogP contribution in [-0.4, -0.2) is 34.8 Å². The van der Waals surface area contributed by atoms with E-state index >= 15 is 0 Å². The van der Waals surface area contributed by atoms with Crippen molar-refractivity contribution in [2.45, 2.75) is 32.5 Å². The van der Waals surface area contributed by atoms with Gasteiger partial charge in [-0.3, -0.25) is 19.5 Å². The molecule has 6 nitrogen and oxygen atoms in total. The molecule has 158 valence electrons. The summed E-state index contributed by atoms with van der Waals surface area (Å²) in [6.45, 7) is 3.74. The molecule has 0 saturated carbocycles. The van der Waals surface area contributed by atoms with Crippen LogP contribution in [-0.2, 0) is 11.0 Å². The van der Waals surface area contributed by atoms with Crippen molar-refractivity contribution in [3.05, 3.63) is 53.7 Å². The van der Waals surface area contributed by atoms with Gasteiger partial charge in [0.05, 0.1) is 16.8 Å². The summed E-state index contributed by atoms with van der Waals surface area (Å²) in [4.78, 5) is 29.7. The largest absolute Gasteiger partial charge is 0.417 e. The van der Waals surface area contributed by atoms with E-state index in [1.54, 1.807) is 6.19 Å². The van der Waals surface area contributed by atoms with Gasteiger partial charge in [0.25, 0.3) is 11.8 Å². The van der Waals surface area contributed by atoms with Crippen LogP contribution < -0.4 is 5.32 Å². The number of aromatic nitrogens is 1. The monoisotopic (exact) mass is 418 g/mol. The molecule has 30 heavy (non-hydrogen) atoms. The first kappa shape index (κ1) is 22.9. The Morgan fingerprint density at radius 1 is 1.20 bits per heavy atom. The normalized spacial score (nSPS) is 12.2. The number of carbonyl (C=O) groups is 2. The molecule has 0 fully saturated rings. The Morgan fingerprint density at radius 3 is 2.40 bits per heavy atom. The number of carbonyl (C=O) groups excluding carboxylic acids is 2. The smallest absolute Gasteiger partial charge is 0.340 e. The molecule has 0 aliphatic heterocycles. The lowest BCUT2D eigenvalue weighted by molar-refractivity contribution is -0.137. The predicted octanol–water partition coefficient (Wildman–Crippen LogP) is 3.85. The van der Waals surface area contributed by atoms with Crippen LogP contribution in [0.15, 0.2) is 42.6 Å². The van der Waals surface area contributed by atoms with E-state index in [1.165, 1.54) is 37.4 Å². The Bertz CT molecular complexity index is 950. The first-order valence-corrected chi connectivity index (χ1v) is 9.15. The minimum absolute atomic E-state index is 0.0681. The van der Waals surface area contributed by atoms with Crippen molar-refractivity contribution in [1.29, 1.82) is 5.26 Å². The topological polar surface area (TPSA) is 86.1 Å². The highest BCUT2D eigenvalue weighted by molar-refractivity contribution is 5.97. The van der Waals surface area contributed by atoms with Crippen LogP contribution in [0.4, 0.5) is 13.2 Å². The Hall–Kier alpha value is -3.41. The molecule has 2 amide bonds. The molecule has 1 heterocycles. The van der Waals surface area contributed by atoms with E-state index in [1.807, 2.05) is 13.8 Å². The second-order valence-corrected chi connectivity index (χ2v) is 7.13. The van der Waals surface area contributed by atoms with E-state index in [0.717, 1.165) is 17.2 Å². The summed E-state index contributed by atoms with van der Waals surface area (Å²) in [5.41, 5.74) is -0.764. The van der Waals surface area contributed by atoms with Crippen molar-refractivity contribution < 1.29 is 22.8 Å². The van der Waals surface area contributed by atoms with Gasteiger partial charge < -0.3 is 5.32 Å². The van der Waals surface area contributed by atoms with Crippen LogP contribution in [0.3, 0.4) is 0 Å². The standard InChI is InChI=1S/C21H21F3N4O2/c1-13(2)10-18(20(30)28(3)12-25)27-19(29)14-8-9-17(26-11-14)15-6-4-5-7-16(15)21(22,23)24/h4-9,11,13,18H,10H2,1-3H3,(H,27,29)/t18-/m0/s1. The molecule has 1 aromatic carbocycles. The zero-order chi connectivity index (χ0) is 22.5. The number of benzene rings is 1. The van der Waals surface area contributed by atoms with Crippen LogP contribution in [0.5, 0.6) is 0 Å². The van der Waals surface area contributed by atoms with E-state index < -0.39 is 29.6 Å². The maximum atomic E-state index is 13.2. The van der Waals surface area contributed by atoms with Crippen molar-refractivity contribution >= 4 is 11.8 Å². The van der Waals surface area contributed by atoms with Crippen LogP contribution in [0, 0.1) is 17.4 Å². The number of halogens is 3. The molecule has 2 rings (SSSR count). The Morgan fingerprint density at radius 2 is 1.87 bits per heavy atom. The van der Waals surface area contributed by atoms with Gasteiger partial charge >= 0.3 is 6.18 Å². The lowest BCUT2D eigenvalue weighted by Crippen LogP contribution is -2.46. The van der Waals surface area contributed by atoms with Gasteiger partial charge in [-0.2, -0.15) is 18.4 Å². The highest BCUT2D eigenvalue weighted by Gasteiger charge is 2.33. The average Bonchev–Trinajstić information content (AvgIpc) is 2.71. The van der Waals surface area contributed by atoms with Crippen LogP contribution in [0.2, 0.25) is 0 Å². The molecule has 1 N–H and O–H groups in total. The molecule has 9 heteroatoms. The molecular formula is C21H21F3N4O2. The van der Waals surface area contributed by atoms with Crippen molar-refractivity contribution in [2.75, 3.05) is 7.05 Å². The number of hydrogen-bond donors (Lipinski definition) is 1. The second-order valence-electron chi connectivity index (χ2n) is 7.13. The van der Waals surface area contributed by atoms with Gasteiger partial charge in [0, 0.05) is 18.8 Å². The van der Waals surface area contributed by atoms with E-state index in [0.29, 0.717) is 6.42 Å². The van der Waals surface area contributed by atoms with E-state index in [2.05, 4.69) is 10.3 Å². The molecule has 1 aromatic heterocycles. The summed E-state index contributed by atoms with van der Waals surface area (Å²) in [5.74, 6) is -1.09. The molecule has 0 aliphatic rings. The molecule has 2 aromatic rings. The van der Waals surface area contributed by atoms with Gasteiger partial charge in [-0.25, -0.2) is 0 Å². The summed E-state index contributed by atoms with van der Waals surface area (Å²) in [6, 6.07) is 6.79. The number of likely N-dealkylation sites (N-methyl/N-ethyl adjacent to an activating group) is 1. The van der Waals surface area contributed by atoms with Gasteiger partial charge in [-0.15, -0.1) is 0 Å². The van der Waals surface area contributed by atoms with E-state index in [9.17, 15) is 22.8 Å². The molecule has 0 unspecified atom stereocenters. The first-order chi connectivity index (χ1) is 14.0. The van der Waals surface area contributed by atoms with Gasteiger partial charge in [-0.1, -0.05) is 32.0 Å². The first-order valence-electron chi connectivity index (χ1n) is 9.15. The summed E-state index contributed by atoms with van der Waals surface area (Å²) in [7, 11) is 1.30. The van der Waals surface area contributed by atoms with Crippen molar-refractivity contribution in [3.63, 3.8) is 0 Å². The predicted molar refractivity (Wildman–Crippen MR) is 104 cm³/mol. The number of alkyl halides is 3. The van der Waals surface area contributed by atoms with Crippen molar-refractivity contribution in [2.24, 2.45) is 5.92 Å². The Balaban J connectivity index is 2.25. The molecule has 0 saturated heterocycles. The van der Waals surface area contributed by atoms with Crippen LogP contribution >= 0.6 is 0 Å². The summed E-state index contributed by atoms with van der Waals surface area (Å²) < 4.78 is 39.6. The molecule has 0 aliphatic carbocycles. The number of nitrogens with one attached hydrogen (secondary N) is 1. The maximum Gasteiger partial charge on any atom is 0.417 e. The molecule has 0 spiro atoms. The van der Waals surface area contributed by atoms with Crippen molar-refractivity contribution in [1.82, 2.24) is 15.2 Å². The number of rotatable bonds is 6. The Kier molecular flexibility index (Phi) is 7.16. The summed E-state index contributed by atoms with van der Waals surface area (Å²) >= 11 is 0. The maximum absolute atomic E-state index is 13.2. The minimum atomic E-state index is -4.54. The van der Waals surface area contributed by atoms with Crippen LogP contribution in [0.25, 0.3) is 11.3 Å². The summed E-state index contributed by atoms with van der Waals surface area (Å²) in [6.07, 6.45) is -1.36. The van der Waals surface area contributed by atoms with Gasteiger partial charge in [0.15, 0.2) is 6.19 Å². The third-order valence-electron chi connectivity index (χ3n) is 4.33. The quantitative estimate of drug-likeness (QED) is 0.570. The second kappa shape index (κ2) is 9.39. The van der Waals surface area contributed by atoms with Gasteiger partial charge in [0.1, 0.15) is 6.04 Å². The Labute approximate surface area is 172 Å². The van der Waals surface area contributed by atoms with E-state index in [4.69, 9.17) is 5.26 Å². The number of pyridine rings is 1. The van der Waals surface area contributed by atoms with Crippen molar-refractivity contribution in [3.8, 4) is 17.5 Å². The third-order valence-corrected chi connectivity index (χ3v) is 4.33. The average molecular weight is 418 g/mol. The number of amides is 2. The minimum Gasteiger partial charge on any atom is -0.340 e. The fraction of sp³-hybridized carbons (Fsp3) is 0.333. The molecule has 1 atom stereocenters. The van der Waals surface area contributed by atoms with E-state index in [-0.39, 0.29) is 22.7 Å². The molecular weight excluding hydrogens is 397 g/mol. The lowest BCUT2D eigenvalue weighted by Gasteiger charge is -2.21. The van der Waals surface area contributed by atoms with Crippen LogP contribution in [0.1, 0.15) is 36.2 Å². The highest BCUT2D eigenvalue weighted by Crippen LogP contribution is 2.36. The fourth-order valence-corrected chi connectivity index (χ4v) is 2.86. The third kappa shape index (κ3) is 5.56. The fourth-order valence-electron chi connectivity index (χ4n) is 2.86.